The SMILES string of the molecule is Br.CC(C)(C)OC(=O)NCC(NC(=O)OC(C)(C)C)C(=O)O.CC(C)(C)OC(=O)OC(=O)OC(C)(C)C.NCC(N)C(=O)O.O=CO[O-].[Na+]. The zero-order valence-corrected chi connectivity index (χ0v) is 34.0. The molecule has 0 saturated heterocycles. The molecule has 49 heavy (non-hydrogen) atoms. The number of hydrogen-bond acceptors (Lipinski definition) is 16. The average molecular weight is 792 g/mol. The summed E-state index contributed by atoms with van der Waals surface area (Å²) in [7, 11) is 0. The van der Waals surface area contributed by atoms with Gasteiger partial charge in [0.05, 0.1) is 6.54 Å². The number of nitrogens with one attached hydrogen (secondary N) is 2. The fourth-order valence-corrected chi connectivity index (χ4v) is 1.86. The van der Waals surface area contributed by atoms with E-state index >= 15 is 0 Å². The first-order chi connectivity index (χ1) is 20.9. The van der Waals surface area contributed by atoms with E-state index in [0.717, 1.165) is 0 Å². The summed E-state index contributed by atoms with van der Waals surface area (Å²) in [6.45, 7) is 19.5. The number of rotatable bonds is 7. The summed E-state index contributed by atoms with van der Waals surface area (Å²) >= 11 is 0. The third-order valence-electron chi connectivity index (χ3n) is 3.39. The van der Waals surface area contributed by atoms with Crippen molar-refractivity contribution >= 4 is 59.9 Å². The van der Waals surface area contributed by atoms with Gasteiger partial charge in [0, 0.05) is 6.54 Å². The molecule has 2 amide bonds. The molecule has 8 N–H and O–H groups in total. The number of halogens is 1. The van der Waals surface area contributed by atoms with E-state index in [1.165, 1.54) is 0 Å². The molecule has 2 atom stereocenters. The third-order valence-corrected chi connectivity index (χ3v) is 3.39. The van der Waals surface area contributed by atoms with Crippen molar-refractivity contribution in [3.8, 4) is 0 Å². The van der Waals surface area contributed by atoms with Crippen LogP contribution in [0.4, 0.5) is 19.2 Å². The van der Waals surface area contributed by atoms with E-state index in [9.17, 15) is 28.8 Å². The average Bonchev–Trinajstić information content (AvgIpc) is 2.82. The summed E-state index contributed by atoms with van der Waals surface area (Å²) in [6.07, 6.45) is -3.76. The molecule has 0 fully saturated rings. The number of carboxylic acid groups (broad SMARTS) is 2. The molecule has 2 unspecified atom stereocenters. The Hall–Kier alpha value is -2.95. The van der Waals surface area contributed by atoms with Crippen LogP contribution < -0.4 is 56.9 Å². The number of aliphatic carboxylic acids is 2. The molecule has 22 heteroatoms. The van der Waals surface area contributed by atoms with Gasteiger partial charge in [0.25, 0.3) is 6.47 Å². The van der Waals surface area contributed by atoms with Crippen LogP contribution in [0.3, 0.4) is 0 Å². The molecule has 0 aliphatic heterocycles. The third kappa shape index (κ3) is 49.5. The molecule has 0 spiro atoms. The summed E-state index contributed by atoms with van der Waals surface area (Å²) in [5.74, 6) is -2.35. The molecule has 0 saturated carbocycles. The summed E-state index contributed by atoms with van der Waals surface area (Å²) in [4.78, 5) is 77.0. The van der Waals surface area contributed by atoms with Gasteiger partial charge >= 0.3 is 66.0 Å². The van der Waals surface area contributed by atoms with Crippen LogP contribution in [0.15, 0.2) is 0 Å². The zero-order valence-electron chi connectivity index (χ0n) is 30.3. The Kier molecular flexibility index (Phi) is 33.1. The standard InChI is InChI=1S/C13H24N2O6.C10H18O5.C3H8N2O2.CH2O3.BrH.Na/c1-12(2,3)20-10(18)14-7-8(9(16)17)15-11(19)21-13(4,5)6;1-9(2,3)14-7(11)13-8(12)15-10(4,5)6;4-1-2(5)3(6)7;2-1-4-3;;/h8H,7H2,1-6H3,(H,14,18)(H,15,19)(H,16,17);1-6H3;2H,1,4-5H2,(H,6,7);1,3H;1H;/q;;;;;+1/p-1. The number of amides is 2. The van der Waals surface area contributed by atoms with Crippen LogP contribution >= 0.6 is 17.0 Å². The van der Waals surface area contributed by atoms with E-state index < -0.39 is 70.9 Å². The first kappa shape index (κ1) is 58.3. The Morgan fingerprint density at radius 2 is 1.04 bits per heavy atom. The van der Waals surface area contributed by atoms with E-state index in [1.807, 2.05) is 0 Å². The zero-order chi connectivity index (χ0) is 38.4. The summed E-state index contributed by atoms with van der Waals surface area (Å²) < 4.78 is 23.7. The molecule has 0 aliphatic rings. The van der Waals surface area contributed by atoms with Gasteiger partial charge in [0.1, 0.15) is 34.5 Å². The van der Waals surface area contributed by atoms with E-state index in [1.54, 1.807) is 83.1 Å². The van der Waals surface area contributed by atoms with Crippen molar-refractivity contribution in [3.05, 3.63) is 0 Å². The molecule has 0 radical (unpaired) electrons. The monoisotopic (exact) mass is 790 g/mol. The minimum Gasteiger partial charge on any atom is -0.662 e. The van der Waals surface area contributed by atoms with E-state index in [-0.39, 0.29) is 66.1 Å². The summed E-state index contributed by atoms with van der Waals surface area (Å²) in [5, 5.41) is 29.8. The Labute approximate surface area is 318 Å². The molecule has 0 aliphatic carbocycles. The summed E-state index contributed by atoms with van der Waals surface area (Å²) in [5.41, 5.74) is 6.93. The first-order valence-electron chi connectivity index (χ1n) is 13.6. The molecule has 0 bridgehead atoms. The van der Waals surface area contributed by atoms with E-state index in [0.29, 0.717) is 0 Å². The van der Waals surface area contributed by atoms with Gasteiger partial charge in [-0.15, -0.1) is 17.0 Å². The maximum Gasteiger partial charge on any atom is 1.00 e. The van der Waals surface area contributed by atoms with Crippen molar-refractivity contribution in [1.82, 2.24) is 10.6 Å². The molecular weight excluding hydrogens is 739 g/mol. The minimum absolute atomic E-state index is 0. The second kappa shape index (κ2) is 27.8. The molecule has 0 aromatic rings. The normalized spacial score (nSPS) is 11.6. The molecule has 284 valence electrons. The van der Waals surface area contributed by atoms with Crippen molar-refractivity contribution in [2.75, 3.05) is 13.1 Å². The van der Waals surface area contributed by atoms with Crippen molar-refractivity contribution in [1.29, 1.82) is 0 Å². The first-order valence-corrected chi connectivity index (χ1v) is 13.6. The topological polar surface area (TPSA) is 314 Å². The van der Waals surface area contributed by atoms with E-state index in [4.69, 9.17) is 50.7 Å². The number of alkyl carbamates (subject to hydrolysis) is 2. The largest absolute Gasteiger partial charge is 1.00 e. The van der Waals surface area contributed by atoms with Crippen LogP contribution in [0.2, 0.25) is 0 Å². The molecule has 0 aromatic carbocycles. The quantitative estimate of drug-likeness (QED) is 0.0333. The van der Waals surface area contributed by atoms with Crippen LogP contribution in [-0.4, -0.2) is 101 Å². The number of carbonyl (C=O) groups excluding carboxylic acids is 5. The van der Waals surface area contributed by atoms with Crippen LogP contribution in [-0.2, 0) is 43.0 Å². The van der Waals surface area contributed by atoms with Gasteiger partial charge in [-0.2, -0.15) is 0 Å². The minimum atomic E-state index is -1.31. The van der Waals surface area contributed by atoms with Crippen molar-refractivity contribution < 1.29 is 107 Å². The van der Waals surface area contributed by atoms with Gasteiger partial charge in [0.2, 0.25) is 0 Å². The van der Waals surface area contributed by atoms with Gasteiger partial charge in [-0.25, -0.2) is 24.0 Å². The van der Waals surface area contributed by atoms with Gasteiger partial charge in [-0.1, -0.05) is 0 Å². The van der Waals surface area contributed by atoms with Crippen molar-refractivity contribution in [3.63, 3.8) is 0 Å². The Bertz CT molecular complexity index is 981. The van der Waals surface area contributed by atoms with Gasteiger partial charge in [0.15, 0.2) is 0 Å². The predicted molar refractivity (Wildman–Crippen MR) is 171 cm³/mol. The number of carbonyl (C=O) groups is 7. The van der Waals surface area contributed by atoms with Crippen LogP contribution in [0.1, 0.15) is 83.1 Å². The van der Waals surface area contributed by atoms with Gasteiger partial charge in [-0.05, 0) is 83.1 Å². The van der Waals surface area contributed by atoms with Gasteiger partial charge in [-0.3, -0.25) is 9.59 Å². The maximum atomic E-state index is 11.5. The Balaban J connectivity index is -0.000000144. The van der Waals surface area contributed by atoms with Crippen LogP contribution in [0.5, 0.6) is 0 Å². The van der Waals surface area contributed by atoms with Crippen LogP contribution in [0, 0.1) is 0 Å². The Morgan fingerprint density at radius 3 is 1.27 bits per heavy atom. The molecule has 0 rings (SSSR count). The number of carboxylic acids is 2. The fraction of sp³-hybridized carbons (Fsp3) is 0.741. The molecule has 0 heterocycles. The predicted octanol–water partition coefficient (Wildman–Crippen LogP) is -1.26. The van der Waals surface area contributed by atoms with Gasteiger partial charge < -0.3 is 66.1 Å². The number of hydrogen-bond donors (Lipinski definition) is 6. The van der Waals surface area contributed by atoms with Crippen molar-refractivity contribution in [2.45, 2.75) is 118 Å². The van der Waals surface area contributed by atoms with Crippen LogP contribution in [0.25, 0.3) is 0 Å². The maximum absolute atomic E-state index is 11.5. The second-order valence-electron chi connectivity index (χ2n) is 12.8. The van der Waals surface area contributed by atoms with E-state index in [2.05, 4.69) is 20.3 Å². The Morgan fingerprint density at radius 1 is 0.714 bits per heavy atom. The fourth-order valence-electron chi connectivity index (χ4n) is 1.86. The number of nitrogens with two attached hydrogens (primary N) is 2. The molecular formula is C27H52BrN4NaO16. The number of ether oxygens (including phenoxy) is 5. The smallest absolute Gasteiger partial charge is 0.662 e. The van der Waals surface area contributed by atoms with Crippen molar-refractivity contribution in [2.24, 2.45) is 11.5 Å². The molecule has 0 aromatic heterocycles. The summed E-state index contributed by atoms with van der Waals surface area (Å²) in [6, 6.07) is -2.22. The second-order valence-corrected chi connectivity index (χ2v) is 12.8. The molecule has 20 nitrogen and oxygen atoms in total.